The summed E-state index contributed by atoms with van der Waals surface area (Å²) in [6.07, 6.45) is 1.96. The maximum Gasteiger partial charge on any atom is 0.335 e. The smallest absolute Gasteiger partial charge is 0.335 e. The second-order valence-electron chi connectivity index (χ2n) is 4.86. The molecule has 1 aromatic rings. The number of carboxylic acids is 1. The largest absolute Gasteiger partial charge is 0.478 e. The lowest BCUT2D eigenvalue weighted by Crippen LogP contribution is -2.43. The molecule has 1 heterocycles. The SMILES string of the molecule is CCOC1CCCN(C(=O)c2cccc(C(=O)O)c2)C1. The number of aromatic carboxylic acids is 1. The minimum atomic E-state index is -1.02. The first-order valence-electron chi connectivity index (χ1n) is 6.86. The summed E-state index contributed by atoms with van der Waals surface area (Å²) in [7, 11) is 0. The number of hydrogen-bond donors (Lipinski definition) is 1. The summed E-state index contributed by atoms with van der Waals surface area (Å²) in [5, 5.41) is 8.97. The molecular formula is C15H19NO4. The fourth-order valence-electron chi connectivity index (χ4n) is 2.46. The number of carbonyl (C=O) groups is 2. The van der Waals surface area contributed by atoms with Gasteiger partial charge in [0.25, 0.3) is 5.91 Å². The molecule has 0 saturated carbocycles. The van der Waals surface area contributed by atoms with Crippen LogP contribution in [0.1, 0.15) is 40.5 Å². The molecule has 20 heavy (non-hydrogen) atoms. The van der Waals surface area contributed by atoms with Crippen LogP contribution in [0.25, 0.3) is 0 Å². The van der Waals surface area contributed by atoms with Gasteiger partial charge in [-0.25, -0.2) is 4.79 Å². The van der Waals surface area contributed by atoms with Crippen molar-refractivity contribution in [3.63, 3.8) is 0 Å². The van der Waals surface area contributed by atoms with Crippen LogP contribution in [0.3, 0.4) is 0 Å². The number of carbonyl (C=O) groups excluding carboxylic acids is 1. The van der Waals surface area contributed by atoms with Crippen LogP contribution in [0.15, 0.2) is 24.3 Å². The number of hydrogen-bond acceptors (Lipinski definition) is 3. The summed E-state index contributed by atoms with van der Waals surface area (Å²) in [5.41, 5.74) is 0.552. The fourth-order valence-corrected chi connectivity index (χ4v) is 2.46. The highest BCUT2D eigenvalue weighted by atomic mass is 16.5. The average molecular weight is 277 g/mol. The van der Waals surface area contributed by atoms with Gasteiger partial charge in [0.05, 0.1) is 11.7 Å². The zero-order chi connectivity index (χ0) is 14.5. The Labute approximate surface area is 118 Å². The molecule has 1 unspecified atom stereocenters. The molecule has 1 atom stereocenters. The van der Waals surface area contributed by atoms with Crippen LogP contribution >= 0.6 is 0 Å². The van der Waals surface area contributed by atoms with E-state index in [2.05, 4.69) is 0 Å². The van der Waals surface area contributed by atoms with Gasteiger partial charge in [0, 0.05) is 25.3 Å². The van der Waals surface area contributed by atoms with Crippen molar-refractivity contribution in [2.24, 2.45) is 0 Å². The number of ether oxygens (including phenoxy) is 1. The van der Waals surface area contributed by atoms with E-state index in [0.29, 0.717) is 25.3 Å². The molecule has 1 aromatic carbocycles. The van der Waals surface area contributed by atoms with E-state index in [4.69, 9.17) is 9.84 Å². The maximum atomic E-state index is 12.4. The summed E-state index contributed by atoms with van der Waals surface area (Å²) in [4.78, 5) is 25.1. The van der Waals surface area contributed by atoms with Crippen molar-refractivity contribution >= 4 is 11.9 Å². The van der Waals surface area contributed by atoms with Gasteiger partial charge >= 0.3 is 5.97 Å². The topological polar surface area (TPSA) is 66.8 Å². The molecule has 1 aliphatic rings. The van der Waals surface area contributed by atoms with Crippen molar-refractivity contribution in [1.82, 2.24) is 4.90 Å². The van der Waals surface area contributed by atoms with E-state index in [1.807, 2.05) is 6.92 Å². The minimum absolute atomic E-state index is 0.0837. The van der Waals surface area contributed by atoms with Crippen molar-refractivity contribution in [2.45, 2.75) is 25.9 Å². The lowest BCUT2D eigenvalue weighted by Gasteiger charge is -2.32. The van der Waals surface area contributed by atoms with Crippen molar-refractivity contribution in [3.05, 3.63) is 35.4 Å². The number of piperidine rings is 1. The molecule has 108 valence electrons. The molecule has 0 aromatic heterocycles. The maximum absolute atomic E-state index is 12.4. The monoisotopic (exact) mass is 277 g/mol. The third kappa shape index (κ3) is 3.36. The lowest BCUT2D eigenvalue weighted by molar-refractivity contribution is 0.00724. The predicted molar refractivity (Wildman–Crippen MR) is 74.0 cm³/mol. The van der Waals surface area contributed by atoms with E-state index in [9.17, 15) is 9.59 Å². The van der Waals surface area contributed by atoms with E-state index < -0.39 is 5.97 Å². The third-order valence-corrected chi connectivity index (χ3v) is 3.42. The van der Waals surface area contributed by atoms with Crippen molar-refractivity contribution in [3.8, 4) is 0 Å². The number of amides is 1. The van der Waals surface area contributed by atoms with E-state index in [0.717, 1.165) is 12.8 Å². The van der Waals surface area contributed by atoms with Crippen LogP contribution in [0, 0.1) is 0 Å². The number of carboxylic acid groups (broad SMARTS) is 1. The molecule has 1 saturated heterocycles. The number of rotatable bonds is 4. The van der Waals surface area contributed by atoms with Gasteiger partial charge in [0.15, 0.2) is 0 Å². The third-order valence-electron chi connectivity index (χ3n) is 3.42. The van der Waals surface area contributed by atoms with Gasteiger partial charge < -0.3 is 14.7 Å². The van der Waals surface area contributed by atoms with Gasteiger partial charge in [0.1, 0.15) is 0 Å². The standard InChI is InChI=1S/C15H19NO4/c1-2-20-13-7-4-8-16(10-13)14(17)11-5-3-6-12(9-11)15(18)19/h3,5-6,9,13H,2,4,7-8,10H2,1H3,(H,18,19). The second kappa shape index (κ2) is 6.52. The summed E-state index contributed by atoms with van der Waals surface area (Å²) < 4.78 is 5.57. The molecule has 0 bridgehead atoms. The highest BCUT2D eigenvalue weighted by Gasteiger charge is 2.25. The summed E-state index contributed by atoms with van der Waals surface area (Å²) in [6, 6.07) is 6.16. The number of nitrogens with zero attached hydrogens (tertiary/aromatic N) is 1. The fraction of sp³-hybridized carbons (Fsp3) is 0.467. The van der Waals surface area contributed by atoms with Crippen LogP contribution in [-0.2, 0) is 4.74 Å². The molecule has 1 aliphatic heterocycles. The summed E-state index contributed by atoms with van der Waals surface area (Å²) in [6.45, 7) is 3.85. The Morgan fingerprint density at radius 2 is 2.15 bits per heavy atom. The Kier molecular flexibility index (Phi) is 4.74. The number of likely N-dealkylation sites (tertiary alicyclic amines) is 1. The molecule has 1 amide bonds. The lowest BCUT2D eigenvalue weighted by atomic mass is 10.1. The zero-order valence-corrected chi connectivity index (χ0v) is 11.5. The molecule has 0 aliphatic carbocycles. The van der Waals surface area contributed by atoms with Gasteiger partial charge in [-0.15, -0.1) is 0 Å². The Hall–Kier alpha value is -1.88. The molecule has 1 fully saturated rings. The first-order valence-corrected chi connectivity index (χ1v) is 6.86. The van der Waals surface area contributed by atoms with Gasteiger partial charge in [-0.3, -0.25) is 4.79 Å². The predicted octanol–water partition coefficient (Wildman–Crippen LogP) is 2.03. The molecule has 0 spiro atoms. The second-order valence-corrected chi connectivity index (χ2v) is 4.86. The van der Waals surface area contributed by atoms with E-state index in [1.165, 1.54) is 12.1 Å². The Morgan fingerprint density at radius 1 is 1.40 bits per heavy atom. The zero-order valence-electron chi connectivity index (χ0n) is 11.5. The first-order chi connectivity index (χ1) is 9.61. The molecule has 5 nitrogen and oxygen atoms in total. The van der Waals surface area contributed by atoms with Gasteiger partial charge in [-0.05, 0) is 38.0 Å². The first kappa shape index (κ1) is 14.5. The Morgan fingerprint density at radius 3 is 2.85 bits per heavy atom. The van der Waals surface area contributed by atoms with E-state index in [1.54, 1.807) is 17.0 Å². The van der Waals surface area contributed by atoms with Crippen LogP contribution in [0.2, 0.25) is 0 Å². The van der Waals surface area contributed by atoms with Gasteiger partial charge in [0.2, 0.25) is 0 Å². The van der Waals surface area contributed by atoms with Crippen LogP contribution in [0.4, 0.5) is 0 Å². The Balaban J connectivity index is 2.10. The number of benzene rings is 1. The molecule has 5 heteroatoms. The Bertz CT molecular complexity index is 498. The minimum Gasteiger partial charge on any atom is -0.478 e. The van der Waals surface area contributed by atoms with E-state index in [-0.39, 0.29) is 17.6 Å². The molecule has 2 rings (SSSR count). The van der Waals surface area contributed by atoms with Crippen LogP contribution in [0.5, 0.6) is 0 Å². The van der Waals surface area contributed by atoms with Crippen LogP contribution in [-0.4, -0.2) is 47.7 Å². The highest BCUT2D eigenvalue weighted by Crippen LogP contribution is 2.17. The quantitative estimate of drug-likeness (QED) is 0.914. The molecular weight excluding hydrogens is 258 g/mol. The molecule has 0 radical (unpaired) electrons. The van der Waals surface area contributed by atoms with Crippen molar-refractivity contribution in [2.75, 3.05) is 19.7 Å². The normalized spacial score (nSPS) is 18.9. The van der Waals surface area contributed by atoms with Gasteiger partial charge in [-0.2, -0.15) is 0 Å². The van der Waals surface area contributed by atoms with Crippen molar-refractivity contribution in [1.29, 1.82) is 0 Å². The van der Waals surface area contributed by atoms with Gasteiger partial charge in [-0.1, -0.05) is 6.07 Å². The molecule has 1 N–H and O–H groups in total. The van der Waals surface area contributed by atoms with Crippen molar-refractivity contribution < 1.29 is 19.4 Å². The van der Waals surface area contributed by atoms with Crippen LogP contribution < -0.4 is 0 Å². The van der Waals surface area contributed by atoms with E-state index >= 15 is 0 Å². The summed E-state index contributed by atoms with van der Waals surface area (Å²) in [5.74, 6) is -1.15. The highest BCUT2D eigenvalue weighted by molar-refractivity contribution is 5.97. The summed E-state index contributed by atoms with van der Waals surface area (Å²) >= 11 is 0. The average Bonchev–Trinajstić information content (AvgIpc) is 2.47.